The highest BCUT2D eigenvalue weighted by molar-refractivity contribution is 7.98. The van der Waals surface area contributed by atoms with Gasteiger partial charge < -0.3 is 15.1 Å². The van der Waals surface area contributed by atoms with Crippen molar-refractivity contribution in [3.8, 4) is 0 Å². The van der Waals surface area contributed by atoms with E-state index in [1.165, 1.54) is 11.8 Å². The number of nitrogens with zero attached hydrogens (tertiary/aromatic N) is 1. The van der Waals surface area contributed by atoms with Gasteiger partial charge in [0.1, 0.15) is 0 Å². The molecular formula is C13H21ClN2O2S. The molecule has 1 aromatic rings. The SMILES string of the molecule is CSc1ccc(C(=O)N2CCC(C)CC2CN)o1.Cl. The molecule has 0 spiro atoms. The normalized spacial score (nSPS) is 23.0. The van der Waals surface area contributed by atoms with Crippen LogP contribution in [0.5, 0.6) is 0 Å². The van der Waals surface area contributed by atoms with Gasteiger partial charge in [0.15, 0.2) is 10.9 Å². The fraction of sp³-hybridized carbons (Fsp3) is 0.615. The van der Waals surface area contributed by atoms with Gasteiger partial charge in [-0.25, -0.2) is 0 Å². The van der Waals surface area contributed by atoms with Gasteiger partial charge in [-0.1, -0.05) is 18.7 Å². The summed E-state index contributed by atoms with van der Waals surface area (Å²) in [4.78, 5) is 14.2. The van der Waals surface area contributed by atoms with Gasteiger partial charge in [-0.2, -0.15) is 0 Å². The fourth-order valence-electron chi connectivity index (χ4n) is 2.43. The van der Waals surface area contributed by atoms with Crippen molar-refractivity contribution in [1.82, 2.24) is 4.90 Å². The Kier molecular flexibility index (Phi) is 6.23. The summed E-state index contributed by atoms with van der Waals surface area (Å²) in [6, 6.07) is 3.73. The fourth-order valence-corrected chi connectivity index (χ4v) is 2.81. The molecule has 4 nitrogen and oxygen atoms in total. The molecule has 19 heavy (non-hydrogen) atoms. The molecule has 2 N–H and O–H groups in total. The van der Waals surface area contributed by atoms with Crippen molar-refractivity contribution in [2.75, 3.05) is 19.3 Å². The highest BCUT2D eigenvalue weighted by Gasteiger charge is 2.30. The monoisotopic (exact) mass is 304 g/mol. The lowest BCUT2D eigenvalue weighted by Gasteiger charge is -2.37. The van der Waals surface area contributed by atoms with Crippen LogP contribution in [0.2, 0.25) is 0 Å². The number of halogens is 1. The van der Waals surface area contributed by atoms with E-state index >= 15 is 0 Å². The molecule has 2 atom stereocenters. The van der Waals surface area contributed by atoms with Gasteiger partial charge in [0.05, 0.1) is 0 Å². The average Bonchev–Trinajstić information content (AvgIpc) is 2.86. The Bertz CT molecular complexity index is 425. The third-order valence-electron chi connectivity index (χ3n) is 3.50. The first-order valence-electron chi connectivity index (χ1n) is 6.30. The molecule has 108 valence electrons. The Hall–Kier alpha value is -0.650. The van der Waals surface area contributed by atoms with E-state index in [9.17, 15) is 4.79 Å². The van der Waals surface area contributed by atoms with Crippen molar-refractivity contribution in [2.24, 2.45) is 11.7 Å². The highest BCUT2D eigenvalue weighted by Crippen LogP contribution is 2.25. The molecule has 1 fully saturated rings. The third kappa shape index (κ3) is 3.68. The highest BCUT2D eigenvalue weighted by atomic mass is 35.5. The quantitative estimate of drug-likeness (QED) is 0.872. The minimum Gasteiger partial charge on any atom is -0.445 e. The van der Waals surface area contributed by atoms with Gasteiger partial charge in [0.25, 0.3) is 5.91 Å². The van der Waals surface area contributed by atoms with Crippen LogP contribution in [-0.4, -0.2) is 36.2 Å². The van der Waals surface area contributed by atoms with Crippen LogP contribution in [0.15, 0.2) is 21.6 Å². The minimum atomic E-state index is -0.0300. The number of thioether (sulfide) groups is 1. The number of carbonyl (C=O) groups excluding carboxylic acids is 1. The molecule has 0 aliphatic carbocycles. The number of piperidine rings is 1. The summed E-state index contributed by atoms with van der Waals surface area (Å²) < 4.78 is 5.50. The lowest BCUT2D eigenvalue weighted by atomic mass is 9.92. The minimum absolute atomic E-state index is 0. The molecule has 0 radical (unpaired) electrons. The van der Waals surface area contributed by atoms with Crippen LogP contribution in [0, 0.1) is 5.92 Å². The van der Waals surface area contributed by atoms with Gasteiger partial charge in [-0.3, -0.25) is 4.79 Å². The molecule has 0 bridgehead atoms. The number of hydrogen-bond donors (Lipinski definition) is 1. The van der Waals surface area contributed by atoms with Gasteiger partial charge >= 0.3 is 0 Å². The van der Waals surface area contributed by atoms with Gasteiger partial charge in [0, 0.05) is 19.1 Å². The van der Waals surface area contributed by atoms with E-state index < -0.39 is 0 Å². The molecule has 0 saturated carbocycles. The predicted molar refractivity (Wildman–Crippen MR) is 80.0 cm³/mol. The van der Waals surface area contributed by atoms with Crippen LogP contribution < -0.4 is 5.73 Å². The summed E-state index contributed by atoms with van der Waals surface area (Å²) in [5, 5.41) is 0.771. The van der Waals surface area contributed by atoms with E-state index in [0.717, 1.165) is 24.5 Å². The van der Waals surface area contributed by atoms with E-state index in [1.807, 2.05) is 17.2 Å². The molecule has 2 unspecified atom stereocenters. The summed E-state index contributed by atoms with van der Waals surface area (Å²) in [7, 11) is 0. The maximum absolute atomic E-state index is 12.4. The second-order valence-corrected chi connectivity index (χ2v) is 5.65. The van der Waals surface area contributed by atoms with E-state index in [4.69, 9.17) is 10.2 Å². The molecule has 1 aromatic heterocycles. The van der Waals surface area contributed by atoms with Gasteiger partial charge in [0.2, 0.25) is 0 Å². The average molecular weight is 305 g/mol. The summed E-state index contributed by atoms with van der Waals surface area (Å²) in [5.41, 5.74) is 5.77. The maximum Gasteiger partial charge on any atom is 0.289 e. The van der Waals surface area contributed by atoms with Crippen LogP contribution in [0.1, 0.15) is 30.3 Å². The van der Waals surface area contributed by atoms with Crippen LogP contribution in [0.25, 0.3) is 0 Å². The van der Waals surface area contributed by atoms with E-state index in [0.29, 0.717) is 18.2 Å². The van der Waals surface area contributed by atoms with Crippen LogP contribution in [-0.2, 0) is 0 Å². The summed E-state index contributed by atoms with van der Waals surface area (Å²) in [6.45, 7) is 3.51. The molecule has 1 aliphatic heterocycles. The lowest BCUT2D eigenvalue weighted by molar-refractivity contribution is 0.0536. The third-order valence-corrected chi connectivity index (χ3v) is 4.13. The van der Waals surface area contributed by atoms with E-state index in [1.54, 1.807) is 6.07 Å². The second kappa shape index (κ2) is 7.22. The Labute approximate surface area is 124 Å². The smallest absolute Gasteiger partial charge is 0.289 e. The molecule has 2 rings (SSSR count). The zero-order valence-electron chi connectivity index (χ0n) is 11.3. The van der Waals surface area contributed by atoms with Crippen LogP contribution in [0.3, 0.4) is 0 Å². The number of hydrogen-bond acceptors (Lipinski definition) is 4. The zero-order chi connectivity index (χ0) is 13.1. The predicted octanol–water partition coefficient (Wildman–Crippen LogP) is 2.62. The molecular weight excluding hydrogens is 284 g/mol. The van der Waals surface area contributed by atoms with Gasteiger partial charge in [-0.05, 0) is 37.1 Å². The summed E-state index contributed by atoms with van der Waals surface area (Å²) in [5.74, 6) is 1.03. The van der Waals surface area contributed by atoms with Crippen molar-refractivity contribution in [3.63, 3.8) is 0 Å². The number of rotatable bonds is 3. The maximum atomic E-state index is 12.4. The number of likely N-dealkylation sites (tertiary alicyclic amines) is 1. The van der Waals surface area contributed by atoms with Gasteiger partial charge in [-0.15, -0.1) is 12.4 Å². The first-order valence-corrected chi connectivity index (χ1v) is 7.53. The van der Waals surface area contributed by atoms with Crippen LogP contribution in [0.4, 0.5) is 0 Å². The van der Waals surface area contributed by atoms with E-state index in [2.05, 4.69) is 6.92 Å². The van der Waals surface area contributed by atoms with Crippen molar-refractivity contribution in [1.29, 1.82) is 0 Å². The Morgan fingerprint density at radius 2 is 2.32 bits per heavy atom. The Balaban J connectivity index is 0.00000180. The van der Waals surface area contributed by atoms with Crippen molar-refractivity contribution >= 4 is 30.1 Å². The molecule has 1 amide bonds. The lowest BCUT2D eigenvalue weighted by Crippen LogP contribution is -2.49. The Morgan fingerprint density at radius 3 is 2.89 bits per heavy atom. The first-order chi connectivity index (χ1) is 8.65. The molecule has 2 heterocycles. The zero-order valence-corrected chi connectivity index (χ0v) is 12.9. The van der Waals surface area contributed by atoms with Crippen LogP contribution >= 0.6 is 24.2 Å². The number of amides is 1. The Morgan fingerprint density at radius 1 is 1.58 bits per heavy atom. The van der Waals surface area contributed by atoms with Crippen molar-refractivity contribution < 1.29 is 9.21 Å². The molecule has 1 saturated heterocycles. The topological polar surface area (TPSA) is 59.5 Å². The summed E-state index contributed by atoms with van der Waals surface area (Å²) >= 11 is 1.50. The molecule has 0 aromatic carbocycles. The van der Waals surface area contributed by atoms with Crippen molar-refractivity contribution in [2.45, 2.75) is 30.9 Å². The standard InChI is InChI=1S/C13H20N2O2S.ClH/c1-9-5-6-15(10(7-9)8-14)13(16)11-3-4-12(17-11)18-2;/h3-4,9-10H,5-8,14H2,1-2H3;1H. The molecule has 6 heteroatoms. The largest absolute Gasteiger partial charge is 0.445 e. The molecule has 1 aliphatic rings. The van der Waals surface area contributed by atoms with E-state index in [-0.39, 0.29) is 24.4 Å². The summed E-state index contributed by atoms with van der Waals surface area (Å²) in [6.07, 6.45) is 3.95. The number of furan rings is 1. The first kappa shape index (κ1) is 16.4. The number of nitrogens with two attached hydrogens (primary N) is 1. The van der Waals surface area contributed by atoms with Crippen molar-refractivity contribution in [3.05, 3.63) is 17.9 Å². The second-order valence-electron chi connectivity index (χ2n) is 4.84. The number of carbonyl (C=O) groups is 1.